The van der Waals surface area contributed by atoms with E-state index in [1.54, 1.807) is 43.6 Å². The Hall–Kier alpha value is -2.84. The lowest BCUT2D eigenvalue weighted by Gasteiger charge is -2.38. The Morgan fingerprint density at radius 2 is 1.83 bits per heavy atom. The maximum atomic E-state index is 13.2. The summed E-state index contributed by atoms with van der Waals surface area (Å²) in [4.78, 5) is 6.65. The molecule has 158 valence electrons. The number of rotatable bonds is 5. The third-order valence-corrected chi connectivity index (χ3v) is 6.63. The molecule has 0 saturated carbocycles. The fraction of sp³-hybridized carbons (Fsp3) is 0.318. The second-order valence-electron chi connectivity index (χ2n) is 7.70. The maximum absolute atomic E-state index is 13.2. The van der Waals surface area contributed by atoms with Crippen LogP contribution in [0.25, 0.3) is 10.9 Å². The highest BCUT2D eigenvalue weighted by atomic mass is 32.2. The van der Waals surface area contributed by atoms with Crippen LogP contribution >= 0.6 is 0 Å². The number of para-hydroxylation sites is 1. The van der Waals surface area contributed by atoms with Crippen LogP contribution in [0.5, 0.6) is 5.75 Å². The van der Waals surface area contributed by atoms with Gasteiger partial charge in [-0.25, -0.2) is 8.42 Å². The van der Waals surface area contributed by atoms with Gasteiger partial charge in [-0.1, -0.05) is 18.2 Å². The summed E-state index contributed by atoms with van der Waals surface area (Å²) in [6, 6.07) is 14.8. The number of nitrogens with zero attached hydrogens (tertiary/aromatic N) is 2. The molecule has 1 saturated heterocycles. The van der Waals surface area contributed by atoms with Crippen LogP contribution in [-0.4, -0.2) is 45.7 Å². The predicted octanol–water partition coefficient (Wildman–Crippen LogP) is 3.23. The van der Waals surface area contributed by atoms with E-state index >= 15 is 0 Å². The number of sulfonamides is 1. The average molecular weight is 427 g/mol. The van der Waals surface area contributed by atoms with Crippen molar-refractivity contribution in [2.75, 3.05) is 29.8 Å². The zero-order chi connectivity index (χ0) is 21.3. The van der Waals surface area contributed by atoms with E-state index < -0.39 is 10.0 Å². The maximum Gasteiger partial charge on any atom is 0.264 e. The minimum Gasteiger partial charge on any atom is -0.495 e. The molecular weight excluding hydrogens is 400 g/mol. The van der Waals surface area contributed by atoms with Gasteiger partial charge in [-0.15, -0.1) is 0 Å². The zero-order valence-corrected chi connectivity index (χ0v) is 18.1. The summed E-state index contributed by atoms with van der Waals surface area (Å²) >= 11 is 0. The van der Waals surface area contributed by atoms with Crippen LogP contribution < -0.4 is 19.7 Å². The fourth-order valence-electron chi connectivity index (χ4n) is 4.03. The molecule has 0 aliphatic carbocycles. The van der Waals surface area contributed by atoms with Crippen molar-refractivity contribution in [1.82, 2.24) is 10.3 Å². The molecule has 1 aromatic heterocycles. The molecule has 0 unspecified atom stereocenters. The van der Waals surface area contributed by atoms with Crippen molar-refractivity contribution in [3.63, 3.8) is 0 Å². The van der Waals surface area contributed by atoms with Crippen molar-refractivity contribution in [3.8, 4) is 5.75 Å². The van der Waals surface area contributed by atoms with Gasteiger partial charge < -0.3 is 15.0 Å². The van der Waals surface area contributed by atoms with Crippen molar-refractivity contribution in [1.29, 1.82) is 0 Å². The topological polar surface area (TPSA) is 83.6 Å². The lowest BCUT2D eigenvalue weighted by atomic mass is 10.1. The Balaban J connectivity index is 1.69. The van der Waals surface area contributed by atoms with E-state index in [1.165, 1.54) is 0 Å². The molecular formula is C22H26N4O3S. The number of pyridine rings is 1. The second kappa shape index (κ2) is 8.12. The van der Waals surface area contributed by atoms with E-state index in [0.717, 1.165) is 24.2 Å². The van der Waals surface area contributed by atoms with Crippen LogP contribution in [0, 0.1) is 0 Å². The van der Waals surface area contributed by atoms with Crippen molar-refractivity contribution in [2.45, 2.75) is 30.8 Å². The molecule has 3 aromatic rings. The minimum atomic E-state index is -3.81. The zero-order valence-electron chi connectivity index (χ0n) is 17.3. The molecule has 2 atom stereocenters. The third-order valence-electron chi connectivity index (χ3n) is 5.21. The van der Waals surface area contributed by atoms with Gasteiger partial charge in [-0.3, -0.25) is 9.71 Å². The lowest BCUT2D eigenvalue weighted by molar-refractivity contribution is 0.391. The van der Waals surface area contributed by atoms with Crippen LogP contribution in [0.1, 0.15) is 13.8 Å². The predicted molar refractivity (Wildman–Crippen MR) is 120 cm³/mol. The van der Waals surface area contributed by atoms with Crippen LogP contribution in [0.3, 0.4) is 0 Å². The molecule has 8 heteroatoms. The number of benzene rings is 2. The molecule has 7 nitrogen and oxygen atoms in total. The Labute approximate surface area is 177 Å². The van der Waals surface area contributed by atoms with E-state index in [2.05, 4.69) is 33.8 Å². The second-order valence-corrected chi connectivity index (χ2v) is 9.35. The highest BCUT2D eigenvalue weighted by Crippen LogP contribution is 2.33. The average Bonchev–Trinajstić information content (AvgIpc) is 2.72. The molecule has 0 radical (unpaired) electrons. The van der Waals surface area contributed by atoms with Gasteiger partial charge in [-0.2, -0.15) is 0 Å². The molecule has 30 heavy (non-hydrogen) atoms. The van der Waals surface area contributed by atoms with Gasteiger partial charge in [0.2, 0.25) is 0 Å². The Morgan fingerprint density at radius 3 is 2.57 bits per heavy atom. The summed E-state index contributed by atoms with van der Waals surface area (Å²) in [6.07, 6.45) is 1.60. The van der Waals surface area contributed by atoms with Gasteiger partial charge in [0, 0.05) is 36.8 Å². The molecule has 2 heterocycles. The molecule has 1 aliphatic rings. The molecule has 1 aliphatic heterocycles. The fourth-order valence-corrected chi connectivity index (χ4v) is 5.26. The lowest BCUT2D eigenvalue weighted by Crippen LogP contribution is -2.54. The standard InChI is InChI=1S/C22H26N4O3S/c1-15-13-26(14-16(2)24-15)19-12-18(9-10-20(19)29-3)25-30(27,28)21-8-4-6-17-7-5-11-23-22(17)21/h4-12,15-16,24-25H,13-14H2,1-3H3/t15-,16+. The van der Waals surface area contributed by atoms with Gasteiger partial charge in [0.15, 0.2) is 0 Å². The smallest absolute Gasteiger partial charge is 0.264 e. The van der Waals surface area contributed by atoms with E-state index in [9.17, 15) is 8.42 Å². The van der Waals surface area contributed by atoms with E-state index in [-0.39, 0.29) is 4.90 Å². The molecule has 0 spiro atoms. The summed E-state index contributed by atoms with van der Waals surface area (Å²) in [5.74, 6) is 0.714. The van der Waals surface area contributed by atoms with E-state index in [4.69, 9.17) is 4.74 Å². The number of methoxy groups -OCH3 is 1. The number of fused-ring (bicyclic) bond motifs is 1. The molecule has 4 rings (SSSR count). The summed E-state index contributed by atoms with van der Waals surface area (Å²) < 4.78 is 34.6. The van der Waals surface area contributed by atoms with Crippen molar-refractivity contribution < 1.29 is 13.2 Å². The summed E-state index contributed by atoms with van der Waals surface area (Å²) in [7, 11) is -2.19. The summed E-state index contributed by atoms with van der Waals surface area (Å²) in [5.41, 5.74) is 1.80. The quantitative estimate of drug-likeness (QED) is 0.652. The summed E-state index contributed by atoms with van der Waals surface area (Å²) in [6.45, 7) is 5.89. The molecule has 0 bridgehead atoms. The first kappa shape index (κ1) is 20.4. The highest BCUT2D eigenvalue weighted by Gasteiger charge is 2.25. The van der Waals surface area contributed by atoms with Gasteiger partial charge in [0.05, 0.1) is 24.0 Å². The number of hydrogen-bond acceptors (Lipinski definition) is 6. The van der Waals surface area contributed by atoms with Crippen LogP contribution in [0.2, 0.25) is 0 Å². The first-order chi connectivity index (χ1) is 14.4. The normalized spacial score (nSPS) is 19.6. The number of aromatic nitrogens is 1. The number of hydrogen-bond donors (Lipinski definition) is 2. The summed E-state index contributed by atoms with van der Waals surface area (Å²) in [5, 5.41) is 4.28. The van der Waals surface area contributed by atoms with Gasteiger partial charge in [0.25, 0.3) is 10.0 Å². The van der Waals surface area contributed by atoms with Crippen LogP contribution in [0.15, 0.2) is 59.6 Å². The van der Waals surface area contributed by atoms with Crippen molar-refractivity contribution in [3.05, 3.63) is 54.7 Å². The van der Waals surface area contributed by atoms with Crippen LogP contribution in [0.4, 0.5) is 11.4 Å². The van der Waals surface area contributed by atoms with Gasteiger partial charge in [0.1, 0.15) is 10.6 Å². The van der Waals surface area contributed by atoms with Gasteiger partial charge in [-0.05, 0) is 44.2 Å². The van der Waals surface area contributed by atoms with Crippen molar-refractivity contribution in [2.24, 2.45) is 0 Å². The van der Waals surface area contributed by atoms with Gasteiger partial charge >= 0.3 is 0 Å². The molecule has 1 fully saturated rings. The first-order valence-corrected chi connectivity index (χ1v) is 11.4. The molecule has 2 N–H and O–H groups in total. The Kier molecular flexibility index (Phi) is 5.53. The monoisotopic (exact) mass is 426 g/mol. The number of anilines is 2. The molecule has 2 aromatic carbocycles. The Bertz CT molecular complexity index is 1150. The largest absolute Gasteiger partial charge is 0.495 e. The minimum absolute atomic E-state index is 0.155. The van der Waals surface area contributed by atoms with E-state index in [1.807, 2.05) is 18.2 Å². The Morgan fingerprint density at radius 1 is 1.10 bits per heavy atom. The van der Waals surface area contributed by atoms with Crippen LogP contribution in [-0.2, 0) is 10.0 Å². The van der Waals surface area contributed by atoms with E-state index in [0.29, 0.717) is 29.0 Å². The number of nitrogens with one attached hydrogen (secondary N) is 2. The number of ether oxygens (including phenoxy) is 1. The van der Waals surface area contributed by atoms with Crippen molar-refractivity contribution >= 4 is 32.3 Å². The molecule has 0 amide bonds. The third kappa shape index (κ3) is 4.06. The highest BCUT2D eigenvalue weighted by molar-refractivity contribution is 7.93. The first-order valence-electron chi connectivity index (χ1n) is 9.93. The number of piperazine rings is 1. The SMILES string of the molecule is COc1ccc(NS(=O)(=O)c2cccc3cccnc23)cc1N1C[C@@H](C)N[C@@H](C)C1.